The van der Waals surface area contributed by atoms with Crippen molar-refractivity contribution in [1.29, 1.82) is 0 Å². The Morgan fingerprint density at radius 2 is 1.47 bits per heavy atom. The Bertz CT molecular complexity index is 771. The molecular formula is C30H52O6. The third-order valence-electron chi connectivity index (χ3n) is 12.0. The predicted molar refractivity (Wildman–Crippen MR) is 138 cm³/mol. The number of hydrogen-bond donors (Lipinski definition) is 1. The molecular weight excluding hydrogens is 456 g/mol. The van der Waals surface area contributed by atoms with E-state index in [0.29, 0.717) is 62.7 Å². The molecule has 3 unspecified atom stereocenters. The van der Waals surface area contributed by atoms with Crippen molar-refractivity contribution >= 4 is 0 Å². The van der Waals surface area contributed by atoms with Crippen molar-refractivity contribution in [2.75, 3.05) is 33.4 Å². The SMILES string of the molecule is CCOCOC1CC[C@@]2(C)C(CC[C@@H]3[C@H]2CC[C@]2(C)C(O)(C4(OCC)CC4)CC[C@@]32OCOCC)C1. The van der Waals surface area contributed by atoms with Gasteiger partial charge in [0.2, 0.25) is 0 Å². The van der Waals surface area contributed by atoms with Gasteiger partial charge in [0.15, 0.2) is 0 Å². The van der Waals surface area contributed by atoms with Crippen molar-refractivity contribution < 1.29 is 28.8 Å². The maximum Gasteiger partial charge on any atom is 0.147 e. The van der Waals surface area contributed by atoms with Gasteiger partial charge in [-0.15, -0.1) is 0 Å². The summed E-state index contributed by atoms with van der Waals surface area (Å²) in [5.74, 6) is 1.75. The van der Waals surface area contributed by atoms with Crippen molar-refractivity contribution in [2.45, 2.75) is 128 Å². The van der Waals surface area contributed by atoms with E-state index in [9.17, 15) is 5.11 Å². The van der Waals surface area contributed by atoms with E-state index in [-0.39, 0.29) is 11.0 Å². The normalized spacial score (nSPS) is 47.2. The van der Waals surface area contributed by atoms with Crippen LogP contribution in [-0.2, 0) is 23.7 Å². The lowest BCUT2D eigenvalue weighted by molar-refractivity contribution is -0.295. The quantitative estimate of drug-likeness (QED) is 0.279. The van der Waals surface area contributed by atoms with E-state index in [0.717, 1.165) is 44.9 Å². The largest absolute Gasteiger partial charge is 0.386 e. The summed E-state index contributed by atoms with van der Waals surface area (Å²) in [4.78, 5) is 0. The molecule has 208 valence electrons. The summed E-state index contributed by atoms with van der Waals surface area (Å²) in [5, 5.41) is 12.5. The molecule has 36 heavy (non-hydrogen) atoms. The Kier molecular flexibility index (Phi) is 7.64. The van der Waals surface area contributed by atoms with E-state index in [4.69, 9.17) is 23.7 Å². The summed E-state index contributed by atoms with van der Waals surface area (Å²) in [7, 11) is 0. The highest BCUT2D eigenvalue weighted by molar-refractivity contribution is 5.29. The van der Waals surface area contributed by atoms with Gasteiger partial charge in [0.25, 0.3) is 0 Å². The Morgan fingerprint density at radius 1 is 0.722 bits per heavy atom. The van der Waals surface area contributed by atoms with Gasteiger partial charge in [-0.1, -0.05) is 13.8 Å². The molecule has 0 aromatic heterocycles. The molecule has 6 heteroatoms. The summed E-state index contributed by atoms with van der Waals surface area (Å²) in [6.07, 6.45) is 12.0. The average Bonchev–Trinajstić information content (AvgIpc) is 3.61. The van der Waals surface area contributed by atoms with E-state index in [2.05, 4.69) is 20.8 Å². The lowest BCUT2D eigenvalue weighted by Crippen LogP contribution is -2.69. The first-order valence-corrected chi connectivity index (χ1v) is 15.0. The van der Waals surface area contributed by atoms with Crippen LogP contribution in [0.15, 0.2) is 0 Å². The van der Waals surface area contributed by atoms with Crippen molar-refractivity contribution in [3.63, 3.8) is 0 Å². The third-order valence-corrected chi connectivity index (χ3v) is 12.0. The van der Waals surface area contributed by atoms with Crippen LogP contribution >= 0.6 is 0 Å². The molecule has 6 nitrogen and oxygen atoms in total. The van der Waals surface area contributed by atoms with E-state index in [1.165, 1.54) is 25.7 Å². The lowest BCUT2D eigenvalue weighted by atomic mass is 9.42. The van der Waals surface area contributed by atoms with Gasteiger partial charge in [0.1, 0.15) is 19.2 Å². The topological polar surface area (TPSA) is 66.4 Å². The fraction of sp³-hybridized carbons (Fsp3) is 1.00. The Hall–Kier alpha value is -0.240. The standard InChI is InChI=1S/C30H52O6/c1-6-32-20-34-23-11-13-26(4)22(19-23)9-10-25-24(26)12-14-27(5)29(25,36-21-33-7-2)17-18-30(27,31)28(15-16-28)35-8-3/h22-25,31H,6-21H2,1-5H3/t22?,23?,24-,25-,26+,27+,29-,30?/m1/s1. The van der Waals surface area contributed by atoms with Gasteiger partial charge in [0.05, 0.1) is 17.3 Å². The summed E-state index contributed by atoms with van der Waals surface area (Å²) in [6.45, 7) is 13.8. The van der Waals surface area contributed by atoms with Crippen LogP contribution in [0.1, 0.15) is 105 Å². The first-order chi connectivity index (χ1) is 17.3. The highest BCUT2D eigenvalue weighted by Crippen LogP contribution is 2.74. The molecule has 0 aromatic rings. The molecule has 0 saturated heterocycles. The zero-order valence-electron chi connectivity index (χ0n) is 23.6. The highest BCUT2D eigenvalue weighted by Gasteiger charge is 2.79. The molecule has 5 aliphatic rings. The molecule has 0 heterocycles. The average molecular weight is 509 g/mol. The zero-order valence-corrected chi connectivity index (χ0v) is 23.6. The summed E-state index contributed by atoms with van der Waals surface area (Å²) >= 11 is 0. The second-order valence-electron chi connectivity index (χ2n) is 13.0. The molecule has 0 radical (unpaired) electrons. The van der Waals surface area contributed by atoms with Crippen LogP contribution in [0.4, 0.5) is 0 Å². The molecule has 0 amide bonds. The van der Waals surface area contributed by atoms with Crippen LogP contribution in [-0.4, -0.2) is 61.4 Å². The molecule has 0 aromatic carbocycles. The molecule has 5 rings (SSSR count). The number of ether oxygens (including phenoxy) is 5. The minimum atomic E-state index is -0.838. The van der Waals surface area contributed by atoms with Crippen molar-refractivity contribution in [3.8, 4) is 0 Å². The molecule has 5 fully saturated rings. The number of aliphatic hydroxyl groups is 1. The van der Waals surface area contributed by atoms with Gasteiger partial charge in [-0.05, 0) is 115 Å². The van der Waals surface area contributed by atoms with E-state index < -0.39 is 11.2 Å². The number of rotatable bonds is 11. The van der Waals surface area contributed by atoms with Crippen LogP contribution in [0, 0.1) is 28.6 Å². The predicted octanol–water partition coefficient (Wildman–Crippen LogP) is 5.84. The highest BCUT2D eigenvalue weighted by atomic mass is 16.7. The van der Waals surface area contributed by atoms with Crippen LogP contribution in [0.25, 0.3) is 0 Å². The van der Waals surface area contributed by atoms with Crippen molar-refractivity contribution in [2.24, 2.45) is 28.6 Å². The molecule has 8 atom stereocenters. The molecule has 5 aliphatic carbocycles. The van der Waals surface area contributed by atoms with Gasteiger partial charge in [0, 0.05) is 25.2 Å². The zero-order chi connectivity index (χ0) is 25.7. The van der Waals surface area contributed by atoms with Crippen LogP contribution < -0.4 is 0 Å². The molecule has 0 bridgehead atoms. The molecule has 5 saturated carbocycles. The third kappa shape index (κ3) is 3.87. The van der Waals surface area contributed by atoms with E-state index in [1.807, 2.05) is 13.8 Å². The van der Waals surface area contributed by atoms with Gasteiger partial charge in [-0.3, -0.25) is 0 Å². The van der Waals surface area contributed by atoms with E-state index >= 15 is 0 Å². The van der Waals surface area contributed by atoms with Gasteiger partial charge in [-0.2, -0.15) is 0 Å². The first-order valence-electron chi connectivity index (χ1n) is 15.0. The van der Waals surface area contributed by atoms with Gasteiger partial charge in [-0.25, -0.2) is 0 Å². The minimum absolute atomic E-state index is 0.301. The van der Waals surface area contributed by atoms with Gasteiger partial charge >= 0.3 is 0 Å². The smallest absolute Gasteiger partial charge is 0.147 e. The minimum Gasteiger partial charge on any atom is -0.386 e. The molecule has 1 N–H and O–H groups in total. The van der Waals surface area contributed by atoms with Crippen molar-refractivity contribution in [3.05, 3.63) is 0 Å². The Morgan fingerprint density at radius 3 is 2.17 bits per heavy atom. The van der Waals surface area contributed by atoms with Crippen LogP contribution in [0.2, 0.25) is 0 Å². The maximum atomic E-state index is 12.5. The fourth-order valence-corrected chi connectivity index (χ4v) is 9.92. The molecule has 0 spiro atoms. The fourth-order valence-electron chi connectivity index (χ4n) is 9.92. The number of fused-ring (bicyclic) bond motifs is 5. The van der Waals surface area contributed by atoms with Crippen LogP contribution in [0.3, 0.4) is 0 Å². The Labute approximate surface area is 219 Å². The van der Waals surface area contributed by atoms with Crippen LogP contribution in [0.5, 0.6) is 0 Å². The van der Waals surface area contributed by atoms with Gasteiger partial charge < -0.3 is 28.8 Å². The summed E-state index contributed by atoms with van der Waals surface area (Å²) < 4.78 is 30.7. The first kappa shape index (κ1) is 27.3. The number of hydrogen-bond acceptors (Lipinski definition) is 6. The monoisotopic (exact) mass is 508 g/mol. The Balaban J connectivity index is 1.42. The summed E-state index contributed by atoms with van der Waals surface area (Å²) in [6, 6.07) is 0. The second kappa shape index (κ2) is 10.1. The van der Waals surface area contributed by atoms with E-state index in [1.54, 1.807) is 0 Å². The van der Waals surface area contributed by atoms with Crippen molar-refractivity contribution in [1.82, 2.24) is 0 Å². The summed E-state index contributed by atoms with van der Waals surface area (Å²) in [5.41, 5.74) is -1.61. The molecule has 0 aliphatic heterocycles. The second-order valence-corrected chi connectivity index (χ2v) is 13.0. The maximum absolute atomic E-state index is 12.5. The lowest BCUT2D eigenvalue weighted by Gasteiger charge is -2.66.